The van der Waals surface area contributed by atoms with Gasteiger partial charge in [-0.15, -0.1) is 0 Å². The van der Waals surface area contributed by atoms with Gasteiger partial charge in [0.05, 0.1) is 18.8 Å². The lowest BCUT2D eigenvalue weighted by Crippen LogP contribution is -2.45. The van der Waals surface area contributed by atoms with Gasteiger partial charge in [0.25, 0.3) is 0 Å². The highest BCUT2D eigenvalue weighted by molar-refractivity contribution is 5.76. The van der Waals surface area contributed by atoms with Crippen molar-refractivity contribution in [3.8, 4) is 0 Å². The molecule has 1 amide bonds. The molecule has 0 aliphatic heterocycles. The highest BCUT2D eigenvalue weighted by atomic mass is 16.3. The van der Waals surface area contributed by atoms with Crippen LogP contribution in [-0.2, 0) is 4.79 Å². The standard InChI is InChI=1S/C59H91NO3/c1-3-5-7-9-11-13-15-17-19-20-21-22-23-24-25-26-27-28-29-30-31-32-33-34-35-36-37-38-39-40-41-43-45-47-49-51-53-55-59(63)60-57(56-61)58(62)54-52-50-48-46-44-42-18-16-14-12-10-8-6-4-2/h5,7,11,13-14,16-17,19,21-22,24-25,27-28,30-31,33-34,36-37,39-40,43-46,52,54,57-58,61-62H,3-4,6,8-10,12,15,18,20,23,26,29,32,35,38,41-42,47-51,53,55-56H2,1-2H3,(H,60,63)/b7-5-,13-11-,16-14+,19-17-,22-21-,25-24-,28-27-,31-30-,34-33-,37-36-,40-39-,45-43-,46-44+,54-52+. The van der Waals surface area contributed by atoms with Gasteiger partial charge in [-0.1, -0.05) is 210 Å². The number of allylic oxidation sites excluding steroid dienone is 27. The van der Waals surface area contributed by atoms with Crippen LogP contribution < -0.4 is 5.32 Å². The Bertz CT molecular complexity index is 1440. The van der Waals surface area contributed by atoms with E-state index >= 15 is 0 Å². The van der Waals surface area contributed by atoms with E-state index in [2.05, 4.69) is 177 Å². The molecule has 0 aliphatic carbocycles. The third kappa shape index (κ3) is 48.6. The summed E-state index contributed by atoms with van der Waals surface area (Å²) < 4.78 is 0. The van der Waals surface area contributed by atoms with E-state index in [9.17, 15) is 15.0 Å². The SMILES string of the molecule is CC/C=C\C/C=C\C/C=C\C/C=C\C/C=C\C/C=C\C/C=C\C/C=C\C/C=C\C/C=C\C/C=C\CCCCCC(=O)NC(CO)C(O)/C=C/CC/C=C/CC/C=C/CCCCCC. The first-order valence-electron chi connectivity index (χ1n) is 24.8. The number of amides is 1. The molecule has 0 aromatic carbocycles. The number of carbonyl (C=O) groups excluding carboxylic acids is 1. The minimum Gasteiger partial charge on any atom is -0.394 e. The van der Waals surface area contributed by atoms with E-state index in [1.165, 1.54) is 32.1 Å². The Morgan fingerprint density at radius 2 is 0.714 bits per heavy atom. The third-order valence-electron chi connectivity index (χ3n) is 9.91. The Kier molecular flexibility index (Phi) is 48.6. The Morgan fingerprint density at radius 3 is 1.08 bits per heavy atom. The van der Waals surface area contributed by atoms with E-state index in [-0.39, 0.29) is 12.5 Å². The Labute approximate surface area is 388 Å². The van der Waals surface area contributed by atoms with Gasteiger partial charge in [-0.25, -0.2) is 0 Å². The molecule has 350 valence electrons. The van der Waals surface area contributed by atoms with Crippen LogP contribution in [0.3, 0.4) is 0 Å². The molecule has 3 N–H and O–H groups in total. The normalized spacial score (nSPS) is 14.4. The molecule has 4 nitrogen and oxygen atoms in total. The summed E-state index contributed by atoms with van der Waals surface area (Å²) in [6, 6.07) is -0.676. The summed E-state index contributed by atoms with van der Waals surface area (Å²) >= 11 is 0. The fourth-order valence-corrected chi connectivity index (χ4v) is 6.15. The zero-order valence-electron chi connectivity index (χ0n) is 40.0. The van der Waals surface area contributed by atoms with Gasteiger partial charge in [-0.05, 0) is 128 Å². The van der Waals surface area contributed by atoms with Gasteiger partial charge < -0.3 is 15.5 Å². The van der Waals surface area contributed by atoms with E-state index in [0.717, 1.165) is 122 Å². The second-order valence-corrected chi connectivity index (χ2v) is 15.8. The van der Waals surface area contributed by atoms with Gasteiger partial charge in [0.2, 0.25) is 5.91 Å². The van der Waals surface area contributed by atoms with Crippen LogP contribution in [0.25, 0.3) is 0 Å². The summed E-state index contributed by atoms with van der Waals surface area (Å²) in [5.74, 6) is -0.120. The van der Waals surface area contributed by atoms with Crippen molar-refractivity contribution in [2.45, 2.75) is 187 Å². The van der Waals surface area contributed by atoms with Crippen LogP contribution in [0.4, 0.5) is 0 Å². The second-order valence-electron chi connectivity index (χ2n) is 15.8. The Hall–Kier alpha value is -4.25. The first-order valence-corrected chi connectivity index (χ1v) is 24.8. The largest absolute Gasteiger partial charge is 0.394 e. The maximum Gasteiger partial charge on any atom is 0.220 e. The van der Waals surface area contributed by atoms with Gasteiger partial charge in [0, 0.05) is 6.42 Å². The minimum atomic E-state index is -0.896. The number of aliphatic hydroxyl groups is 2. The van der Waals surface area contributed by atoms with E-state index in [4.69, 9.17) is 0 Å². The van der Waals surface area contributed by atoms with Crippen molar-refractivity contribution >= 4 is 5.91 Å². The topological polar surface area (TPSA) is 69.6 Å². The van der Waals surface area contributed by atoms with Crippen LogP contribution in [0.1, 0.15) is 174 Å². The smallest absolute Gasteiger partial charge is 0.220 e. The third-order valence-corrected chi connectivity index (χ3v) is 9.91. The highest BCUT2D eigenvalue weighted by Crippen LogP contribution is 2.08. The molecule has 0 aromatic heterocycles. The number of aliphatic hydroxyl groups excluding tert-OH is 2. The van der Waals surface area contributed by atoms with Crippen LogP contribution in [-0.4, -0.2) is 34.9 Å². The van der Waals surface area contributed by atoms with Crippen molar-refractivity contribution < 1.29 is 15.0 Å². The molecule has 0 fully saturated rings. The van der Waals surface area contributed by atoms with E-state index in [1.807, 2.05) is 6.08 Å². The number of nitrogens with one attached hydrogen (secondary N) is 1. The fraction of sp³-hybridized carbons (Fsp3) is 0.508. The molecular formula is C59H91NO3. The van der Waals surface area contributed by atoms with Crippen molar-refractivity contribution in [2.24, 2.45) is 0 Å². The quantitative estimate of drug-likeness (QED) is 0.0423. The summed E-state index contributed by atoms with van der Waals surface area (Å²) in [6.45, 7) is 4.11. The predicted octanol–water partition coefficient (Wildman–Crippen LogP) is 16.4. The maximum absolute atomic E-state index is 12.4. The van der Waals surface area contributed by atoms with Gasteiger partial charge in [-0.2, -0.15) is 0 Å². The molecule has 0 rings (SSSR count). The average molecular weight is 862 g/mol. The van der Waals surface area contributed by atoms with Crippen molar-refractivity contribution in [1.29, 1.82) is 0 Å². The average Bonchev–Trinajstić information content (AvgIpc) is 3.29. The summed E-state index contributed by atoms with van der Waals surface area (Å²) in [5.41, 5.74) is 0. The predicted molar refractivity (Wildman–Crippen MR) is 280 cm³/mol. The van der Waals surface area contributed by atoms with Gasteiger partial charge in [0.15, 0.2) is 0 Å². The molecule has 63 heavy (non-hydrogen) atoms. The maximum atomic E-state index is 12.4. The molecule has 0 heterocycles. The van der Waals surface area contributed by atoms with Gasteiger partial charge >= 0.3 is 0 Å². The second kappa shape index (κ2) is 52.1. The van der Waals surface area contributed by atoms with Crippen LogP contribution in [0.2, 0.25) is 0 Å². The fourth-order valence-electron chi connectivity index (χ4n) is 6.15. The summed E-state index contributed by atoms with van der Waals surface area (Å²) in [7, 11) is 0. The van der Waals surface area contributed by atoms with Crippen molar-refractivity contribution in [2.75, 3.05) is 6.61 Å². The van der Waals surface area contributed by atoms with Gasteiger partial charge in [-0.3, -0.25) is 4.79 Å². The number of hydrogen-bond acceptors (Lipinski definition) is 3. The minimum absolute atomic E-state index is 0.120. The molecule has 0 radical (unpaired) electrons. The van der Waals surface area contributed by atoms with Crippen molar-refractivity contribution in [1.82, 2.24) is 5.32 Å². The highest BCUT2D eigenvalue weighted by Gasteiger charge is 2.17. The summed E-state index contributed by atoms with van der Waals surface area (Å²) in [5, 5.41) is 22.9. The molecule has 0 spiro atoms. The van der Waals surface area contributed by atoms with Crippen LogP contribution >= 0.6 is 0 Å². The summed E-state index contributed by atoms with van der Waals surface area (Å²) in [4.78, 5) is 12.4. The van der Waals surface area contributed by atoms with Crippen LogP contribution in [0.15, 0.2) is 170 Å². The molecule has 0 aliphatic rings. The van der Waals surface area contributed by atoms with Crippen LogP contribution in [0.5, 0.6) is 0 Å². The first kappa shape index (κ1) is 58.8. The molecule has 0 aromatic rings. The molecule has 2 atom stereocenters. The number of hydrogen-bond donors (Lipinski definition) is 3. The van der Waals surface area contributed by atoms with Crippen molar-refractivity contribution in [3.63, 3.8) is 0 Å². The molecule has 0 saturated carbocycles. The Morgan fingerprint density at radius 1 is 0.397 bits per heavy atom. The molecular weight excluding hydrogens is 771 g/mol. The van der Waals surface area contributed by atoms with Crippen LogP contribution in [0, 0.1) is 0 Å². The van der Waals surface area contributed by atoms with Gasteiger partial charge in [0.1, 0.15) is 0 Å². The molecule has 0 bridgehead atoms. The molecule has 0 saturated heterocycles. The Balaban J connectivity index is 3.79. The lowest BCUT2D eigenvalue weighted by atomic mass is 10.1. The summed E-state index contributed by atoms with van der Waals surface area (Å²) in [6.07, 6.45) is 86.2. The monoisotopic (exact) mass is 862 g/mol. The first-order chi connectivity index (χ1) is 31.2. The van der Waals surface area contributed by atoms with E-state index in [0.29, 0.717) is 6.42 Å². The lowest BCUT2D eigenvalue weighted by molar-refractivity contribution is -0.123. The number of rotatable bonds is 42. The zero-order chi connectivity index (χ0) is 45.6. The molecule has 2 unspecified atom stereocenters. The number of carbonyl (C=O) groups is 1. The lowest BCUT2D eigenvalue weighted by Gasteiger charge is -2.19. The van der Waals surface area contributed by atoms with E-state index < -0.39 is 12.1 Å². The van der Waals surface area contributed by atoms with Crippen molar-refractivity contribution in [3.05, 3.63) is 170 Å². The van der Waals surface area contributed by atoms with E-state index in [1.54, 1.807) is 6.08 Å². The number of unbranched alkanes of at least 4 members (excludes halogenated alkanes) is 9. The zero-order valence-corrected chi connectivity index (χ0v) is 40.0. The molecule has 4 heteroatoms.